The highest BCUT2D eigenvalue weighted by Gasteiger charge is 2.22. The first-order chi connectivity index (χ1) is 10.5. The van der Waals surface area contributed by atoms with E-state index in [1.165, 1.54) is 13.2 Å². The second-order valence-electron chi connectivity index (χ2n) is 4.11. The number of benzene rings is 2. The standard InChI is InChI=1S/C14H8F4N2OS/c1-21-20-11-5-10(16)14(13(18)12(11)17)22-8-2-3-9(15)7(4-8)6-19/h2-5,20H,1H3/p+1. The smallest absolute Gasteiger partial charge is 0.206 e. The highest BCUT2D eigenvalue weighted by molar-refractivity contribution is 7.99. The largest absolute Gasteiger partial charge is 0.223 e. The average Bonchev–Trinajstić information content (AvgIpc) is 2.50. The zero-order valence-electron chi connectivity index (χ0n) is 11.2. The van der Waals surface area contributed by atoms with Crippen LogP contribution in [-0.4, -0.2) is 7.11 Å². The third-order valence-electron chi connectivity index (χ3n) is 2.67. The second kappa shape index (κ2) is 6.79. The van der Waals surface area contributed by atoms with Gasteiger partial charge in [-0.2, -0.15) is 15.1 Å². The van der Waals surface area contributed by atoms with E-state index in [2.05, 4.69) is 4.84 Å². The quantitative estimate of drug-likeness (QED) is 0.406. The van der Waals surface area contributed by atoms with Crippen molar-refractivity contribution in [3.05, 3.63) is 53.1 Å². The van der Waals surface area contributed by atoms with Crippen molar-refractivity contribution in [3.8, 4) is 6.07 Å². The van der Waals surface area contributed by atoms with Gasteiger partial charge < -0.3 is 0 Å². The topological polar surface area (TPSA) is 49.6 Å². The number of rotatable bonds is 4. The summed E-state index contributed by atoms with van der Waals surface area (Å²) in [5.41, 5.74) is 0.246. The SMILES string of the molecule is CO[NH2+]c1cc(F)c(Sc2ccc(F)c(C#N)c2)c(F)c1F. The lowest BCUT2D eigenvalue weighted by atomic mass is 10.2. The van der Waals surface area contributed by atoms with Crippen molar-refractivity contribution in [1.82, 2.24) is 0 Å². The van der Waals surface area contributed by atoms with E-state index in [0.29, 0.717) is 11.8 Å². The monoisotopic (exact) mass is 329 g/mol. The van der Waals surface area contributed by atoms with Crippen LogP contribution in [0.4, 0.5) is 23.2 Å². The molecule has 0 spiro atoms. The van der Waals surface area contributed by atoms with Crippen LogP contribution in [0.3, 0.4) is 0 Å². The molecule has 0 atom stereocenters. The zero-order valence-corrected chi connectivity index (χ0v) is 12.0. The fourth-order valence-electron chi connectivity index (χ4n) is 1.67. The number of quaternary nitrogens is 1. The van der Waals surface area contributed by atoms with Crippen molar-refractivity contribution in [2.24, 2.45) is 0 Å². The van der Waals surface area contributed by atoms with Crippen LogP contribution in [0.1, 0.15) is 5.56 Å². The number of halogens is 4. The summed E-state index contributed by atoms with van der Waals surface area (Å²) in [5, 5.41) is 8.73. The molecule has 8 heteroatoms. The van der Waals surface area contributed by atoms with E-state index in [0.717, 1.165) is 23.7 Å². The van der Waals surface area contributed by atoms with Crippen LogP contribution < -0.4 is 5.48 Å². The normalized spacial score (nSPS) is 10.5. The summed E-state index contributed by atoms with van der Waals surface area (Å²) in [6.07, 6.45) is 0. The Morgan fingerprint density at radius 1 is 1.09 bits per heavy atom. The molecule has 2 N–H and O–H groups in total. The third-order valence-corrected chi connectivity index (χ3v) is 3.74. The summed E-state index contributed by atoms with van der Waals surface area (Å²) in [6.45, 7) is 0. The molecule has 0 saturated carbocycles. The molecular formula is C14H9F4N2OS+. The van der Waals surface area contributed by atoms with Crippen molar-refractivity contribution < 1.29 is 27.9 Å². The van der Waals surface area contributed by atoms with Gasteiger partial charge in [-0.1, -0.05) is 11.8 Å². The molecule has 0 heterocycles. The van der Waals surface area contributed by atoms with Crippen molar-refractivity contribution in [2.45, 2.75) is 9.79 Å². The molecule has 2 rings (SSSR count). The molecule has 114 valence electrons. The van der Waals surface area contributed by atoms with Crippen LogP contribution in [0.15, 0.2) is 34.1 Å². The molecule has 0 unspecified atom stereocenters. The molecule has 0 amide bonds. The van der Waals surface area contributed by atoms with Crippen LogP contribution in [0, 0.1) is 34.6 Å². The van der Waals surface area contributed by atoms with Gasteiger partial charge in [0.05, 0.1) is 17.6 Å². The molecule has 0 radical (unpaired) electrons. The Bertz CT molecular complexity index is 761. The number of hydrogen-bond acceptors (Lipinski definition) is 3. The summed E-state index contributed by atoms with van der Waals surface area (Å²) in [7, 11) is 1.22. The van der Waals surface area contributed by atoms with Crippen LogP contribution in [0.25, 0.3) is 0 Å². The molecule has 0 aliphatic heterocycles. The van der Waals surface area contributed by atoms with Gasteiger partial charge in [0.1, 0.15) is 17.7 Å². The fraction of sp³-hybridized carbons (Fsp3) is 0.0714. The average molecular weight is 329 g/mol. The molecule has 3 nitrogen and oxygen atoms in total. The van der Waals surface area contributed by atoms with Gasteiger partial charge in [-0.25, -0.2) is 18.0 Å². The molecule has 2 aromatic rings. The molecule has 0 aromatic heterocycles. The van der Waals surface area contributed by atoms with Gasteiger partial charge in [-0.3, -0.25) is 0 Å². The second-order valence-corrected chi connectivity index (χ2v) is 5.20. The number of nitriles is 1. The predicted molar refractivity (Wildman–Crippen MR) is 70.1 cm³/mol. The van der Waals surface area contributed by atoms with E-state index >= 15 is 0 Å². The molecule has 0 fully saturated rings. The number of nitrogens with zero attached hydrogens (tertiary/aromatic N) is 1. The van der Waals surface area contributed by atoms with Gasteiger partial charge >= 0.3 is 0 Å². The van der Waals surface area contributed by atoms with Crippen LogP contribution in [-0.2, 0) is 4.84 Å². The Morgan fingerprint density at radius 2 is 1.82 bits per heavy atom. The third kappa shape index (κ3) is 3.22. The van der Waals surface area contributed by atoms with Crippen LogP contribution in [0.2, 0.25) is 0 Å². The van der Waals surface area contributed by atoms with Gasteiger partial charge in [-0.15, -0.1) is 0 Å². The lowest BCUT2D eigenvalue weighted by Gasteiger charge is -2.08. The summed E-state index contributed by atoms with van der Waals surface area (Å²) in [5.74, 6) is -4.37. The Labute approximate surface area is 127 Å². The number of nitrogens with two attached hydrogens (primary N) is 1. The molecule has 2 aromatic carbocycles. The molecule has 0 saturated heterocycles. The Balaban J connectivity index is 2.42. The maximum absolute atomic E-state index is 13.9. The van der Waals surface area contributed by atoms with Gasteiger partial charge in [0.2, 0.25) is 11.5 Å². The summed E-state index contributed by atoms with van der Waals surface area (Å²) < 4.78 is 54.8. The van der Waals surface area contributed by atoms with Crippen molar-refractivity contribution >= 4 is 17.4 Å². The fourth-order valence-corrected chi connectivity index (χ4v) is 2.56. The first-order valence-corrected chi connectivity index (χ1v) is 6.70. The van der Waals surface area contributed by atoms with E-state index in [1.54, 1.807) is 6.07 Å². The van der Waals surface area contributed by atoms with Gasteiger partial charge in [-0.05, 0) is 18.2 Å². The number of hydrogen-bond donors (Lipinski definition) is 1. The van der Waals surface area contributed by atoms with Crippen molar-refractivity contribution in [1.29, 1.82) is 5.26 Å². The van der Waals surface area contributed by atoms with Gasteiger partial charge in [0, 0.05) is 11.0 Å². The molecule has 0 bridgehead atoms. The molecular weight excluding hydrogens is 320 g/mol. The lowest BCUT2D eigenvalue weighted by Crippen LogP contribution is -2.76. The van der Waals surface area contributed by atoms with Crippen molar-refractivity contribution in [3.63, 3.8) is 0 Å². The maximum atomic E-state index is 13.9. The Hall–Kier alpha value is -2.08. The van der Waals surface area contributed by atoms with E-state index in [4.69, 9.17) is 5.26 Å². The van der Waals surface area contributed by atoms with E-state index < -0.39 is 28.2 Å². The van der Waals surface area contributed by atoms with Crippen LogP contribution >= 0.6 is 11.8 Å². The predicted octanol–water partition coefficient (Wildman–Crippen LogP) is 3.02. The zero-order chi connectivity index (χ0) is 16.3. The first kappa shape index (κ1) is 16.3. The van der Waals surface area contributed by atoms with Gasteiger partial charge in [0.25, 0.3) is 0 Å². The van der Waals surface area contributed by atoms with Gasteiger partial charge in [0.15, 0.2) is 5.82 Å². The molecule has 0 aliphatic rings. The minimum atomic E-state index is -1.38. The van der Waals surface area contributed by atoms with E-state index in [1.807, 2.05) is 0 Å². The van der Waals surface area contributed by atoms with E-state index in [-0.39, 0.29) is 16.1 Å². The first-order valence-electron chi connectivity index (χ1n) is 5.89. The Kier molecular flexibility index (Phi) is 5.03. The summed E-state index contributed by atoms with van der Waals surface area (Å²) >= 11 is 0.558. The molecule has 0 aliphatic carbocycles. The summed E-state index contributed by atoms with van der Waals surface area (Å²) in [6, 6.07) is 5.78. The Morgan fingerprint density at radius 3 is 2.45 bits per heavy atom. The minimum absolute atomic E-state index is 0.207. The van der Waals surface area contributed by atoms with E-state index in [9.17, 15) is 17.6 Å². The molecule has 22 heavy (non-hydrogen) atoms. The van der Waals surface area contributed by atoms with Crippen molar-refractivity contribution in [2.75, 3.05) is 7.11 Å². The minimum Gasteiger partial charge on any atom is -0.206 e. The highest BCUT2D eigenvalue weighted by atomic mass is 32.2. The maximum Gasteiger partial charge on any atom is 0.223 e. The highest BCUT2D eigenvalue weighted by Crippen LogP contribution is 2.35. The summed E-state index contributed by atoms with van der Waals surface area (Å²) in [4.78, 5) is 4.16. The lowest BCUT2D eigenvalue weighted by molar-refractivity contribution is -0.831. The van der Waals surface area contributed by atoms with Crippen LogP contribution in [0.5, 0.6) is 0 Å².